The van der Waals surface area contributed by atoms with E-state index in [0.29, 0.717) is 5.41 Å². The molecule has 92 valence electrons. The SMILES string of the molecule is CC(=O)O[C@@H](C)CC[C@]1(C)C[C@@H]2CC[C@H]1C2. The van der Waals surface area contributed by atoms with Crippen LogP contribution in [0.1, 0.15) is 59.3 Å². The highest BCUT2D eigenvalue weighted by Gasteiger charge is 2.47. The molecule has 0 radical (unpaired) electrons. The van der Waals surface area contributed by atoms with E-state index in [1.165, 1.54) is 39.0 Å². The number of fused-ring (bicyclic) bond motifs is 2. The van der Waals surface area contributed by atoms with Gasteiger partial charge in [0.2, 0.25) is 0 Å². The van der Waals surface area contributed by atoms with Crippen LogP contribution < -0.4 is 0 Å². The van der Waals surface area contributed by atoms with Crippen molar-refractivity contribution in [3.63, 3.8) is 0 Å². The number of ether oxygens (including phenoxy) is 1. The molecule has 2 aliphatic rings. The molecule has 0 spiro atoms. The second kappa shape index (κ2) is 4.38. The molecule has 2 heteroatoms. The van der Waals surface area contributed by atoms with Gasteiger partial charge in [-0.25, -0.2) is 0 Å². The third kappa shape index (κ3) is 2.41. The van der Waals surface area contributed by atoms with Crippen LogP contribution in [0, 0.1) is 17.3 Å². The maximum atomic E-state index is 10.8. The summed E-state index contributed by atoms with van der Waals surface area (Å²) < 4.78 is 5.20. The van der Waals surface area contributed by atoms with E-state index < -0.39 is 0 Å². The molecule has 0 aromatic carbocycles. The monoisotopic (exact) mass is 224 g/mol. The lowest BCUT2D eigenvalue weighted by Gasteiger charge is -2.34. The lowest BCUT2D eigenvalue weighted by atomic mass is 9.71. The van der Waals surface area contributed by atoms with Crippen molar-refractivity contribution in [3.8, 4) is 0 Å². The largest absolute Gasteiger partial charge is 0.463 e. The summed E-state index contributed by atoms with van der Waals surface area (Å²) in [6.45, 7) is 5.95. The van der Waals surface area contributed by atoms with E-state index in [-0.39, 0.29) is 12.1 Å². The Bertz CT molecular complexity index is 274. The van der Waals surface area contributed by atoms with E-state index in [4.69, 9.17) is 4.74 Å². The first kappa shape index (κ1) is 11.9. The standard InChI is InChI=1S/C14H24O2/c1-10(16-11(2)15)6-7-14(3)9-12-4-5-13(14)8-12/h10,12-13H,4-9H2,1-3H3/t10-,12+,13-,14+/m0/s1. The minimum absolute atomic E-state index is 0.0912. The van der Waals surface area contributed by atoms with Gasteiger partial charge in [0.25, 0.3) is 0 Å². The van der Waals surface area contributed by atoms with Gasteiger partial charge in [0.1, 0.15) is 0 Å². The summed E-state index contributed by atoms with van der Waals surface area (Å²) in [5, 5.41) is 0. The van der Waals surface area contributed by atoms with Crippen LogP contribution in [0.2, 0.25) is 0 Å². The summed E-state index contributed by atoms with van der Waals surface area (Å²) in [4.78, 5) is 10.8. The highest BCUT2D eigenvalue weighted by molar-refractivity contribution is 5.66. The number of carbonyl (C=O) groups excluding carboxylic acids is 1. The first-order valence-corrected chi connectivity index (χ1v) is 6.67. The summed E-state index contributed by atoms with van der Waals surface area (Å²) in [7, 11) is 0. The molecule has 2 fully saturated rings. The van der Waals surface area contributed by atoms with Gasteiger partial charge < -0.3 is 4.74 Å². The van der Waals surface area contributed by atoms with Gasteiger partial charge in [-0.3, -0.25) is 4.79 Å². The zero-order valence-electron chi connectivity index (χ0n) is 10.8. The average Bonchev–Trinajstić information content (AvgIpc) is 2.73. The first-order valence-electron chi connectivity index (χ1n) is 6.67. The van der Waals surface area contributed by atoms with Crippen molar-refractivity contribution >= 4 is 5.97 Å². The van der Waals surface area contributed by atoms with Crippen molar-refractivity contribution in [1.29, 1.82) is 0 Å². The summed E-state index contributed by atoms with van der Waals surface area (Å²) in [6, 6.07) is 0. The molecule has 0 aliphatic heterocycles. The molecule has 0 N–H and O–H groups in total. The van der Waals surface area contributed by atoms with Crippen LogP contribution in [0.3, 0.4) is 0 Å². The van der Waals surface area contributed by atoms with Crippen LogP contribution in [0.5, 0.6) is 0 Å². The molecule has 2 bridgehead atoms. The fourth-order valence-corrected chi connectivity index (χ4v) is 3.90. The van der Waals surface area contributed by atoms with Crippen molar-refractivity contribution in [1.82, 2.24) is 0 Å². The molecule has 0 heterocycles. The van der Waals surface area contributed by atoms with Gasteiger partial charge in [0.05, 0.1) is 6.10 Å². The van der Waals surface area contributed by atoms with Crippen LogP contribution in [-0.2, 0) is 9.53 Å². The normalized spacial score (nSPS) is 38.7. The molecule has 16 heavy (non-hydrogen) atoms. The fraction of sp³-hybridized carbons (Fsp3) is 0.929. The third-order valence-corrected chi connectivity index (χ3v) is 4.77. The molecule has 2 aliphatic carbocycles. The molecule has 2 nitrogen and oxygen atoms in total. The third-order valence-electron chi connectivity index (χ3n) is 4.77. The van der Waals surface area contributed by atoms with Gasteiger partial charge in [-0.2, -0.15) is 0 Å². The van der Waals surface area contributed by atoms with Gasteiger partial charge in [-0.05, 0) is 56.3 Å². The van der Waals surface area contributed by atoms with Crippen molar-refractivity contribution < 1.29 is 9.53 Å². The van der Waals surface area contributed by atoms with Crippen LogP contribution in [0.4, 0.5) is 0 Å². The Hall–Kier alpha value is -0.530. The smallest absolute Gasteiger partial charge is 0.302 e. The van der Waals surface area contributed by atoms with E-state index in [2.05, 4.69) is 6.92 Å². The highest BCUT2D eigenvalue weighted by atomic mass is 16.5. The van der Waals surface area contributed by atoms with Crippen molar-refractivity contribution in [2.24, 2.45) is 17.3 Å². The second-order valence-electron chi connectivity index (χ2n) is 6.19. The Morgan fingerprint density at radius 2 is 2.25 bits per heavy atom. The summed E-state index contributed by atoms with van der Waals surface area (Å²) in [6.07, 6.45) is 8.10. The zero-order chi connectivity index (χ0) is 11.8. The Labute approximate surface area is 98.7 Å². The fourth-order valence-electron chi connectivity index (χ4n) is 3.90. The lowest BCUT2D eigenvalue weighted by molar-refractivity contribution is -0.146. The van der Waals surface area contributed by atoms with Crippen LogP contribution in [0.25, 0.3) is 0 Å². The van der Waals surface area contributed by atoms with E-state index >= 15 is 0 Å². The predicted molar refractivity (Wildman–Crippen MR) is 64.0 cm³/mol. The van der Waals surface area contributed by atoms with E-state index in [1.54, 1.807) is 0 Å². The molecule has 2 saturated carbocycles. The number of rotatable bonds is 4. The predicted octanol–water partition coefficient (Wildman–Crippen LogP) is 3.54. The molecule has 2 rings (SSSR count). The average molecular weight is 224 g/mol. The second-order valence-corrected chi connectivity index (χ2v) is 6.19. The van der Waals surface area contributed by atoms with Gasteiger partial charge in [0, 0.05) is 6.92 Å². The van der Waals surface area contributed by atoms with Gasteiger partial charge in [-0.1, -0.05) is 13.3 Å². The Kier molecular flexibility index (Phi) is 3.27. The van der Waals surface area contributed by atoms with Crippen molar-refractivity contribution in [3.05, 3.63) is 0 Å². The Morgan fingerprint density at radius 3 is 2.75 bits per heavy atom. The maximum absolute atomic E-state index is 10.8. The molecular weight excluding hydrogens is 200 g/mol. The topological polar surface area (TPSA) is 26.3 Å². The highest BCUT2D eigenvalue weighted by Crippen LogP contribution is 2.57. The molecule has 0 unspecified atom stereocenters. The van der Waals surface area contributed by atoms with Crippen molar-refractivity contribution in [2.75, 3.05) is 0 Å². The van der Waals surface area contributed by atoms with E-state index in [0.717, 1.165) is 18.3 Å². The first-order chi connectivity index (χ1) is 7.49. The van der Waals surface area contributed by atoms with Gasteiger partial charge >= 0.3 is 5.97 Å². The summed E-state index contributed by atoms with van der Waals surface area (Å²) in [5.74, 6) is 1.80. The summed E-state index contributed by atoms with van der Waals surface area (Å²) in [5.41, 5.74) is 0.539. The number of esters is 1. The molecule has 0 aromatic rings. The van der Waals surface area contributed by atoms with Crippen LogP contribution in [0.15, 0.2) is 0 Å². The summed E-state index contributed by atoms with van der Waals surface area (Å²) >= 11 is 0. The molecule has 0 aromatic heterocycles. The van der Waals surface area contributed by atoms with E-state index in [9.17, 15) is 4.79 Å². The van der Waals surface area contributed by atoms with Gasteiger partial charge in [-0.15, -0.1) is 0 Å². The minimum atomic E-state index is -0.148. The minimum Gasteiger partial charge on any atom is -0.463 e. The zero-order valence-corrected chi connectivity index (χ0v) is 10.8. The van der Waals surface area contributed by atoms with Gasteiger partial charge in [0.15, 0.2) is 0 Å². The maximum Gasteiger partial charge on any atom is 0.302 e. The Balaban J connectivity index is 1.79. The van der Waals surface area contributed by atoms with Crippen LogP contribution in [-0.4, -0.2) is 12.1 Å². The molecule has 0 amide bonds. The number of hydrogen-bond donors (Lipinski definition) is 0. The molecule has 0 saturated heterocycles. The number of hydrogen-bond acceptors (Lipinski definition) is 2. The molecule has 4 atom stereocenters. The lowest BCUT2D eigenvalue weighted by Crippen LogP contribution is -2.26. The van der Waals surface area contributed by atoms with Crippen LogP contribution >= 0.6 is 0 Å². The molecular formula is C14H24O2. The Morgan fingerprint density at radius 1 is 1.50 bits per heavy atom. The van der Waals surface area contributed by atoms with Crippen molar-refractivity contribution in [2.45, 2.75) is 65.4 Å². The van der Waals surface area contributed by atoms with E-state index in [1.807, 2.05) is 6.92 Å². The number of carbonyl (C=O) groups is 1. The quantitative estimate of drug-likeness (QED) is 0.683.